The molecule has 1 aromatic carbocycles. The van der Waals surface area contributed by atoms with Crippen LogP contribution in [0.2, 0.25) is 0 Å². The maximum Gasteiger partial charge on any atom is 0.416 e. The predicted octanol–water partition coefficient (Wildman–Crippen LogP) is 4.11. The largest absolute Gasteiger partial charge is 0.486 e. The van der Waals surface area contributed by atoms with E-state index in [1.54, 1.807) is 0 Å². The van der Waals surface area contributed by atoms with Crippen molar-refractivity contribution in [2.45, 2.75) is 12.6 Å². The smallest absolute Gasteiger partial charge is 0.416 e. The Hall–Kier alpha value is -0.850. The van der Waals surface area contributed by atoms with Crippen LogP contribution >= 0.6 is 15.9 Å². The highest BCUT2D eigenvalue weighted by atomic mass is 79.9. The second-order valence-corrected chi connectivity index (χ2v) is 3.70. The van der Waals surface area contributed by atoms with Gasteiger partial charge in [-0.05, 0) is 34.1 Å². The van der Waals surface area contributed by atoms with Gasteiger partial charge < -0.3 is 4.74 Å². The molecule has 0 radical (unpaired) electrons. The van der Waals surface area contributed by atoms with Crippen LogP contribution in [0.5, 0.6) is 5.75 Å². The second-order valence-electron chi connectivity index (χ2n) is 2.85. The van der Waals surface area contributed by atoms with Crippen molar-refractivity contribution in [1.29, 1.82) is 0 Å². The molecule has 0 unspecified atom stereocenters. The first kappa shape index (κ1) is 13.2. The van der Waals surface area contributed by atoms with Crippen molar-refractivity contribution in [3.63, 3.8) is 0 Å². The molecule has 0 aliphatic rings. The molecule has 0 atom stereocenters. The average Bonchev–Trinajstić information content (AvgIpc) is 2.14. The third-order valence-electron chi connectivity index (χ3n) is 1.62. The van der Waals surface area contributed by atoms with E-state index in [0.717, 1.165) is 18.2 Å². The number of rotatable bonds is 3. The molecule has 0 aromatic heterocycles. The van der Waals surface area contributed by atoms with Crippen LogP contribution < -0.4 is 4.74 Å². The van der Waals surface area contributed by atoms with E-state index in [4.69, 9.17) is 0 Å². The Kier molecular flexibility index (Phi) is 4.12. The Labute approximate surface area is 96.3 Å². The fraction of sp³-hybridized carbons (Fsp3) is 0.333. The summed E-state index contributed by atoms with van der Waals surface area (Å²) in [6.45, 7) is -0.857. The van der Waals surface area contributed by atoms with Gasteiger partial charge in [0.2, 0.25) is 0 Å². The number of hydrogen-bond donors (Lipinski definition) is 0. The van der Waals surface area contributed by atoms with Crippen LogP contribution in [-0.2, 0) is 6.18 Å². The lowest BCUT2D eigenvalue weighted by Gasteiger charge is -2.11. The van der Waals surface area contributed by atoms with E-state index < -0.39 is 24.8 Å². The first-order valence-electron chi connectivity index (χ1n) is 4.08. The maximum atomic E-state index is 12.2. The van der Waals surface area contributed by atoms with E-state index in [9.17, 15) is 22.0 Å². The molecule has 90 valence electrons. The highest BCUT2D eigenvalue weighted by Gasteiger charge is 2.30. The van der Waals surface area contributed by atoms with Crippen molar-refractivity contribution in [3.8, 4) is 5.75 Å². The lowest BCUT2D eigenvalue weighted by atomic mass is 10.2. The highest BCUT2D eigenvalue weighted by molar-refractivity contribution is 9.10. The van der Waals surface area contributed by atoms with Crippen LogP contribution in [0.25, 0.3) is 0 Å². The normalized spacial score (nSPS) is 11.9. The summed E-state index contributed by atoms with van der Waals surface area (Å²) in [6.07, 6.45) is -7.14. The summed E-state index contributed by atoms with van der Waals surface area (Å²) in [5.41, 5.74) is -0.872. The lowest BCUT2D eigenvalue weighted by Crippen LogP contribution is -2.08. The van der Waals surface area contributed by atoms with Crippen LogP contribution in [0.15, 0.2) is 22.7 Å². The SMILES string of the molecule is FC(F)COc1ccc(C(F)(F)F)cc1Br. The Morgan fingerprint density at radius 3 is 2.31 bits per heavy atom. The predicted molar refractivity (Wildman–Crippen MR) is 50.6 cm³/mol. The maximum absolute atomic E-state index is 12.2. The van der Waals surface area contributed by atoms with Gasteiger partial charge >= 0.3 is 6.18 Å². The first-order valence-corrected chi connectivity index (χ1v) is 4.87. The Morgan fingerprint density at radius 2 is 1.88 bits per heavy atom. The highest BCUT2D eigenvalue weighted by Crippen LogP contribution is 2.34. The molecule has 1 rings (SSSR count). The van der Waals surface area contributed by atoms with Gasteiger partial charge in [0, 0.05) is 0 Å². The topological polar surface area (TPSA) is 9.23 Å². The monoisotopic (exact) mass is 304 g/mol. The summed E-state index contributed by atoms with van der Waals surface area (Å²) < 4.78 is 64.9. The van der Waals surface area contributed by atoms with Gasteiger partial charge in [0.15, 0.2) is 0 Å². The van der Waals surface area contributed by atoms with E-state index in [1.165, 1.54) is 0 Å². The van der Waals surface area contributed by atoms with Crippen molar-refractivity contribution in [2.24, 2.45) is 0 Å². The molecule has 0 saturated heterocycles. The Morgan fingerprint density at radius 1 is 1.25 bits per heavy atom. The van der Waals surface area contributed by atoms with Crippen molar-refractivity contribution < 1.29 is 26.7 Å². The lowest BCUT2D eigenvalue weighted by molar-refractivity contribution is -0.137. The standard InChI is InChI=1S/C9H6BrF5O/c10-6-3-5(9(13,14)15)1-2-7(6)16-4-8(11)12/h1-3,8H,4H2. The van der Waals surface area contributed by atoms with Gasteiger partial charge in [-0.25, -0.2) is 8.78 Å². The summed E-state index contributed by atoms with van der Waals surface area (Å²) in [5, 5.41) is 0. The second kappa shape index (κ2) is 4.99. The molecule has 0 spiro atoms. The molecule has 0 heterocycles. The van der Waals surface area contributed by atoms with Gasteiger partial charge in [-0.2, -0.15) is 13.2 Å². The summed E-state index contributed by atoms with van der Waals surface area (Å²) in [4.78, 5) is 0. The van der Waals surface area contributed by atoms with Gasteiger partial charge in [0.25, 0.3) is 6.43 Å². The molecule has 0 amide bonds. The van der Waals surface area contributed by atoms with Crippen LogP contribution in [0, 0.1) is 0 Å². The molecule has 0 aliphatic carbocycles. The zero-order valence-corrected chi connectivity index (χ0v) is 9.28. The van der Waals surface area contributed by atoms with Gasteiger partial charge in [0.05, 0.1) is 10.0 Å². The molecule has 0 fully saturated rings. The molecule has 0 aliphatic heterocycles. The van der Waals surface area contributed by atoms with E-state index in [0.29, 0.717) is 0 Å². The number of benzene rings is 1. The number of ether oxygens (including phenoxy) is 1. The van der Waals surface area contributed by atoms with Gasteiger partial charge in [-0.3, -0.25) is 0 Å². The third-order valence-corrected chi connectivity index (χ3v) is 2.24. The minimum atomic E-state index is -4.47. The van der Waals surface area contributed by atoms with E-state index in [1.807, 2.05) is 0 Å². The van der Waals surface area contributed by atoms with Crippen LogP contribution in [0.1, 0.15) is 5.56 Å². The Bertz CT molecular complexity index is 363. The molecule has 0 bridgehead atoms. The van der Waals surface area contributed by atoms with E-state index in [-0.39, 0.29) is 10.2 Å². The van der Waals surface area contributed by atoms with Gasteiger partial charge in [0.1, 0.15) is 12.4 Å². The molecule has 1 nitrogen and oxygen atoms in total. The number of halogens is 6. The van der Waals surface area contributed by atoms with Crippen molar-refractivity contribution in [2.75, 3.05) is 6.61 Å². The molecule has 1 aromatic rings. The molecule has 0 saturated carbocycles. The van der Waals surface area contributed by atoms with Gasteiger partial charge in [-0.15, -0.1) is 0 Å². The molecule has 7 heteroatoms. The number of hydrogen-bond acceptors (Lipinski definition) is 1. The fourth-order valence-electron chi connectivity index (χ4n) is 0.947. The first-order chi connectivity index (χ1) is 7.30. The zero-order chi connectivity index (χ0) is 12.3. The minimum Gasteiger partial charge on any atom is -0.486 e. The summed E-state index contributed by atoms with van der Waals surface area (Å²) in [7, 11) is 0. The van der Waals surface area contributed by atoms with Crippen molar-refractivity contribution in [3.05, 3.63) is 28.2 Å². The quantitative estimate of drug-likeness (QED) is 0.764. The van der Waals surface area contributed by atoms with E-state index in [2.05, 4.69) is 20.7 Å². The van der Waals surface area contributed by atoms with Crippen LogP contribution in [0.3, 0.4) is 0 Å². The fourth-order valence-corrected chi connectivity index (χ4v) is 1.44. The summed E-state index contributed by atoms with van der Waals surface area (Å²) in [5.74, 6) is -0.0479. The molecule has 16 heavy (non-hydrogen) atoms. The van der Waals surface area contributed by atoms with E-state index >= 15 is 0 Å². The average molecular weight is 305 g/mol. The summed E-state index contributed by atoms with van der Waals surface area (Å²) >= 11 is 2.82. The third kappa shape index (κ3) is 3.62. The van der Waals surface area contributed by atoms with Crippen LogP contribution in [0.4, 0.5) is 22.0 Å². The van der Waals surface area contributed by atoms with Crippen molar-refractivity contribution >= 4 is 15.9 Å². The molecular formula is C9H6BrF5O. The zero-order valence-electron chi connectivity index (χ0n) is 7.69. The Balaban J connectivity index is 2.84. The minimum absolute atomic E-state index is 0.0111. The number of alkyl halides is 5. The van der Waals surface area contributed by atoms with Crippen LogP contribution in [-0.4, -0.2) is 13.0 Å². The molecular weight excluding hydrogens is 299 g/mol. The van der Waals surface area contributed by atoms with Gasteiger partial charge in [-0.1, -0.05) is 0 Å². The van der Waals surface area contributed by atoms with Crippen molar-refractivity contribution in [1.82, 2.24) is 0 Å². The molecule has 0 N–H and O–H groups in total. The summed E-state index contributed by atoms with van der Waals surface area (Å²) in [6, 6.07) is 2.54.